The molecule has 5 nitrogen and oxygen atoms in total. The summed E-state index contributed by atoms with van der Waals surface area (Å²) in [5.41, 5.74) is 1.20. The zero-order chi connectivity index (χ0) is 14.5. The van der Waals surface area contributed by atoms with E-state index in [4.69, 9.17) is 0 Å². The largest absolute Gasteiger partial charge is 0.479 e. The smallest absolute Gasteiger partial charge is 0.330 e. The van der Waals surface area contributed by atoms with Crippen molar-refractivity contribution in [2.24, 2.45) is 0 Å². The number of hydrogen-bond donors (Lipinski definition) is 2. The molecule has 0 radical (unpaired) electrons. The van der Waals surface area contributed by atoms with Crippen molar-refractivity contribution in [3.63, 3.8) is 0 Å². The van der Waals surface area contributed by atoms with Crippen molar-refractivity contribution >= 4 is 23.2 Å². The molecule has 20 heavy (non-hydrogen) atoms. The Morgan fingerprint density at radius 3 is 2.60 bits per heavy atom. The number of rotatable bonds is 5. The van der Waals surface area contributed by atoms with Crippen LogP contribution in [0.5, 0.6) is 0 Å². The van der Waals surface area contributed by atoms with Crippen LogP contribution in [0.15, 0.2) is 35.7 Å². The van der Waals surface area contributed by atoms with E-state index in [1.807, 2.05) is 6.92 Å². The molecule has 0 saturated carbocycles. The molecular formula is C14H14N2O3S. The Morgan fingerprint density at radius 1 is 1.35 bits per heavy atom. The fourth-order valence-electron chi connectivity index (χ4n) is 1.80. The molecule has 1 unspecified atom stereocenters. The predicted octanol–water partition coefficient (Wildman–Crippen LogP) is 1.94. The number of carbonyl (C=O) groups is 2. The van der Waals surface area contributed by atoms with E-state index in [0.717, 1.165) is 5.01 Å². The molecule has 0 bridgehead atoms. The second-order valence-corrected chi connectivity index (χ2v) is 5.35. The van der Waals surface area contributed by atoms with E-state index in [9.17, 15) is 14.7 Å². The van der Waals surface area contributed by atoms with Gasteiger partial charge in [-0.3, -0.25) is 4.79 Å². The molecule has 6 heteroatoms. The van der Waals surface area contributed by atoms with Gasteiger partial charge in [0.05, 0.1) is 17.1 Å². The number of nitrogens with zero attached hydrogens (tertiary/aromatic N) is 1. The van der Waals surface area contributed by atoms with Crippen LogP contribution in [-0.2, 0) is 16.0 Å². The number of hydrogen-bond acceptors (Lipinski definition) is 4. The van der Waals surface area contributed by atoms with Crippen LogP contribution in [-0.4, -0.2) is 22.0 Å². The number of thiazole rings is 1. The first-order valence-corrected chi connectivity index (χ1v) is 6.92. The Morgan fingerprint density at radius 2 is 2.05 bits per heavy atom. The van der Waals surface area contributed by atoms with Crippen molar-refractivity contribution < 1.29 is 14.7 Å². The van der Waals surface area contributed by atoms with Gasteiger partial charge in [0, 0.05) is 5.38 Å². The van der Waals surface area contributed by atoms with Crippen LogP contribution in [0.2, 0.25) is 0 Å². The molecular weight excluding hydrogens is 276 g/mol. The van der Waals surface area contributed by atoms with Crippen LogP contribution in [0.1, 0.15) is 22.3 Å². The molecule has 2 rings (SSSR count). The summed E-state index contributed by atoms with van der Waals surface area (Å²) in [6.45, 7) is 1.86. The molecule has 1 amide bonds. The lowest BCUT2D eigenvalue weighted by atomic mass is 10.1. The maximum absolute atomic E-state index is 11.9. The van der Waals surface area contributed by atoms with E-state index in [2.05, 4.69) is 10.3 Å². The molecule has 0 fully saturated rings. The molecule has 104 valence electrons. The zero-order valence-electron chi connectivity index (χ0n) is 10.9. The average molecular weight is 290 g/mol. The molecule has 0 aliphatic carbocycles. The number of benzene rings is 1. The van der Waals surface area contributed by atoms with Crippen LogP contribution in [0.4, 0.5) is 0 Å². The third kappa shape index (κ3) is 3.64. The van der Waals surface area contributed by atoms with E-state index in [1.165, 1.54) is 11.3 Å². The molecule has 0 aliphatic rings. The first-order valence-electron chi connectivity index (χ1n) is 6.04. The van der Waals surface area contributed by atoms with E-state index in [0.29, 0.717) is 11.3 Å². The Kier molecular flexibility index (Phi) is 4.47. The van der Waals surface area contributed by atoms with E-state index >= 15 is 0 Å². The number of amides is 1. The van der Waals surface area contributed by atoms with Crippen LogP contribution in [0.3, 0.4) is 0 Å². The van der Waals surface area contributed by atoms with E-state index < -0.39 is 12.0 Å². The van der Waals surface area contributed by atoms with Crippen molar-refractivity contribution in [2.75, 3.05) is 0 Å². The van der Waals surface area contributed by atoms with E-state index in [1.54, 1.807) is 35.7 Å². The first-order chi connectivity index (χ1) is 9.56. The lowest BCUT2D eigenvalue weighted by Crippen LogP contribution is -2.34. The normalized spacial score (nSPS) is 11.8. The highest BCUT2D eigenvalue weighted by atomic mass is 32.1. The maximum atomic E-state index is 11.9. The van der Waals surface area contributed by atoms with Crippen molar-refractivity contribution in [3.05, 3.63) is 52.0 Å². The Hall–Kier alpha value is -2.21. The van der Waals surface area contributed by atoms with Crippen LogP contribution >= 0.6 is 11.3 Å². The molecule has 2 N–H and O–H groups in total. The summed E-state index contributed by atoms with van der Waals surface area (Å²) in [7, 11) is 0. The highest BCUT2D eigenvalue weighted by molar-refractivity contribution is 7.09. The number of aryl methyl sites for hydroxylation is 1. The quantitative estimate of drug-likeness (QED) is 0.882. The van der Waals surface area contributed by atoms with E-state index in [-0.39, 0.29) is 12.3 Å². The Balaban J connectivity index is 2.05. The summed E-state index contributed by atoms with van der Waals surface area (Å²) < 4.78 is 0. The van der Waals surface area contributed by atoms with Crippen molar-refractivity contribution in [3.8, 4) is 0 Å². The number of carbonyl (C=O) groups excluding carboxylic acids is 1. The Bertz CT molecular complexity index is 610. The van der Waals surface area contributed by atoms with Gasteiger partial charge in [0.25, 0.3) is 0 Å². The number of carboxylic acid groups (broad SMARTS) is 1. The fraction of sp³-hybridized carbons (Fsp3) is 0.214. The minimum Gasteiger partial charge on any atom is -0.479 e. The molecule has 1 aromatic carbocycles. The number of aliphatic carboxylic acids is 1. The number of aromatic nitrogens is 1. The second-order valence-electron chi connectivity index (χ2n) is 4.28. The van der Waals surface area contributed by atoms with Gasteiger partial charge in [0.1, 0.15) is 0 Å². The SMILES string of the molecule is Cc1nc(CC(=O)NC(C(=O)O)c2ccccc2)cs1. The molecule has 1 atom stereocenters. The minimum absolute atomic E-state index is 0.0843. The van der Waals surface area contributed by atoms with Crippen LogP contribution in [0, 0.1) is 6.92 Å². The van der Waals surface area contributed by atoms with Gasteiger partial charge in [0.2, 0.25) is 5.91 Å². The standard InChI is InChI=1S/C14H14N2O3S/c1-9-15-11(8-20-9)7-12(17)16-13(14(18)19)10-5-3-2-4-6-10/h2-6,8,13H,7H2,1H3,(H,16,17)(H,18,19). The van der Waals surface area contributed by atoms with Gasteiger partial charge in [-0.05, 0) is 12.5 Å². The summed E-state index contributed by atoms with van der Waals surface area (Å²) >= 11 is 1.46. The fourth-order valence-corrected chi connectivity index (χ4v) is 2.41. The molecule has 0 saturated heterocycles. The third-order valence-corrected chi connectivity index (χ3v) is 3.52. The highest BCUT2D eigenvalue weighted by Crippen LogP contribution is 2.14. The molecule has 1 heterocycles. The van der Waals surface area contributed by atoms with Crippen molar-refractivity contribution in [1.82, 2.24) is 10.3 Å². The summed E-state index contributed by atoms with van der Waals surface area (Å²) in [4.78, 5) is 27.3. The average Bonchev–Trinajstić information content (AvgIpc) is 2.82. The second kappa shape index (κ2) is 6.29. The van der Waals surface area contributed by atoms with Gasteiger partial charge in [-0.1, -0.05) is 30.3 Å². The third-order valence-electron chi connectivity index (χ3n) is 2.69. The summed E-state index contributed by atoms with van der Waals surface area (Å²) in [6, 6.07) is 7.58. The zero-order valence-corrected chi connectivity index (χ0v) is 11.7. The van der Waals surface area contributed by atoms with Gasteiger partial charge in [-0.25, -0.2) is 9.78 Å². The minimum atomic E-state index is -1.08. The molecule has 2 aromatic rings. The lowest BCUT2D eigenvalue weighted by Gasteiger charge is -2.14. The number of carboxylic acids is 1. The Labute approximate surface area is 120 Å². The highest BCUT2D eigenvalue weighted by Gasteiger charge is 2.22. The summed E-state index contributed by atoms with van der Waals surface area (Å²) in [6.07, 6.45) is 0.0843. The summed E-state index contributed by atoms with van der Waals surface area (Å²) in [5.74, 6) is -1.44. The topological polar surface area (TPSA) is 79.3 Å². The van der Waals surface area contributed by atoms with Gasteiger partial charge < -0.3 is 10.4 Å². The van der Waals surface area contributed by atoms with Gasteiger partial charge in [0.15, 0.2) is 6.04 Å². The van der Waals surface area contributed by atoms with Crippen molar-refractivity contribution in [1.29, 1.82) is 0 Å². The number of nitrogens with one attached hydrogen (secondary N) is 1. The molecule has 0 spiro atoms. The first kappa shape index (κ1) is 14.2. The predicted molar refractivity (Wildman–Crippen MR) is 75.5 cm³/mol. The molecule has 0 aliphatic heterocycles. The lowest BCUT2D eigenvalue weighted by molar-refractivity contribution is -0.142. The monoisotopic (exact) mass is 290 g/mol. The van der Waals surface area contributed by atoms with Crippen LogP contribution in [0.25, 0.3) is 0 Å². The van der Waals surface area contributed by atoms with Gasteiger partial charge in [-0.15, -0.1) is 11.3 Å². The van der Waals surface area contributed by atoms with Crippen LogP contribution < -0.4 is 5.32 Å². The summed E-state index contributed by atoms with van der Waals surface area (Å²) in [5, 5.41) is 14.4. The molecule has 1 aromatic heterocycles. The maximum Gasteiger partial charge on any atom is 0.330 e. The van der Waals surface area contributed by atoms with Gasteiger partial charge >= 0.3 is 5.97 Å². The van der Waals surface area contributed by atoms with Gasteiger partial charge in [-0.2, -0.15) is 0 Å². The van der Waals surface area contributed by atoms with Crippen molar-refractivity contribution in [2.45, 2.75) is 19.4 Å².